The number of aromatic hydroxyl groups is 1. The Morgan fingerprint density at radius 2 is 1.86 bits per heavy atom. The number of hydrogen-bond donors (Lipinski definition) is 2. The van der Waals surface area contributed by atoms with E-state index in [1.165, 1.54) is 19.2 Å². The van der Waals surface area contributed by atoms with Crippen molar-refractivity contribution in [2.24, 2.45) is 5.73 Å². The van der Waals surface area contributed by atoms with E-state index in [1.807, 2.05) is 0 Å². The highest BCUT2D eigenvalue weighted by atomic mass is 35.5. The summed E-state index contributed by atoms with van der Waals surface area (Å²) in [6.45, 7) is 0. The third kappa shape index (κ3) is 2.84. The molecule has 3 N–H and O–H groups in total. The zero-order chi connectivity index (χ0) is 15.6. The third-order valence-electron chi connectivity index (χ3n) is 2.84. The number of amides is 2. The number of phenolic OH excluding ortho intramolecular Hbond substituents is 1. The fourth-order valence-electron chi connectivity index (χ4n) is 1.89. The van der Waals surface area contributed by atoms with E-state index in [0.717, 1.165) is 4.90 Å². The minimum absolute atomic E-state index is 0.0599. The first kappa shape index (κ1) is 15.3. The predicted molar refractivity (Wildman–Crippen MR) is 82.8 cm³/mol. The largest absolute Gasteiger partial charge is 0.504 e. The molecule has 0 saturated heterocycles. The number of nitrogens with zero attached hydrogens (tertiary/aromatic N) is 1. The molecular formula is C14H12Cl2N2O3. The average Bonchev–Trinajstić information content (AvgIpc) is 2.47. The van der Waals surface area contributed by atoms with Gasteiger partial charge in [-0.1, -0.05) is 35.3 Å². The van der Waals surface area contributed by atoms with Gasteiger partial charge in [0, 0.05) is 0 Å². The highest BCUT2D eigenvalue weighted by Crippen LogP contribution is 2.43. The molecule has 0 fully saturated rings. The van der Waals surface area contributed by atoms with Gasteiger partial charge in [0.05, 0.1) is 23.5 Å². The quantitative estimate of drug-likeness (QED) is 0.897. The van der Waals surface area contributed by atoms with Gasteiger partial charge >= 0.3 is 6.03 Å². The van der Waals surface area contributed by atoms with Crippen molar-refractivity contribution in [3.05, 3.63) is 46.4 Å². The lowest BCUT2D eigenvalue weighted by Gasteiger charge is -2.23. The van der Waals surface area contributed by atoms with E-state index in [9.17, 15) is 9.90 Å². The molecule has 0 atom stereocenters. The van der Waals surface area contributed by atoms with Crippen LogP contribution in [-0.2, 0) is 0 Å². The minimum atomic E-state index is -0.798. The molecule has 21 heavy (non-hydrogen) atoms. The summed E-state index contributed by atoms with van der Waals surface area (Å²) >= 11 is 11.7. The van der Waals surface area contributed by atoms with Crippen LogP contribution in [-0.4, -0.2) is 18.2 Å². The number of ether oxygens (including phenoxy) is 1. The fraction of sp³-hybridized carbons (Fsp3) is 0.0714. The maximum Gasteiger partial charge on any atom is 0.324 e. The lowest BCUT2D eigenvalue weighted by atomic mass is 10.2. The summed E-state index contributed by atoms with van der Waals surface area (Å²) in [4.78, 5) is 12.9. The van der Waals surface area contributed by atoms with Crippen molar-refractivity contribution >= 4 is 40.6 Å². The summed E-state index contributed by atoms with van der Waals surface area (Å²) in [7, 11) is 1.46. The van der Waals surface area contributed by atoms with Crippen LogP contribution in [0, 0.1) is 0 Å². The van der Waals surface area contributed by atoms with Gasteiger partial charge in [-0.05, 0) is 24.3 Å². The Bertz CT molecular complexity index is 692. The summed E-state index contributed by atoms with van der Waals surface area (Å²) in [5.74, 6) is 0.0793. The Balaban J connectivity index is 2.65. The number of methoxy groups -OCH3 is 1. The molecule has 5 nitrogen and oxygen atoms in total. The highest BCUT2D eigenvalue weighted by Gasteiger charge is 2.23. The fourth-order valence-corrected chi connectivity index (χ4v) is 2.20. The topological polar surface area (TPSA) is 75.8 Å². The van der Waals surface area contributed by atoms with Crippen LogP contribution in [0.25, 0.3) is 0 Å². The number of benzene rings is 2. The first-order valence-electron chi connectivity index (χ1n) is 5.87. The van der Waals surface area contributed by atoms with E-state index in [0.29, 0.717) is 11.4 Å². The smallest absolute Gasteiger partial charge is 0.324 e. The maximum absolute atomic E-state index is 11.8. The molecule has 2 aromatic rings. The van der Waals surface area contributed by atoms with Crippen molar-refractivity contribution in [1.82, 2.24) is 0 Å². The molecule has 0 aliphatic heterocycles. The lowest BCUT2D eigenvalue weighted by molar-refractivity contribution is 0.255. The monoisotopic (exact) mass is 326 g/mol. The van der Waals surface area contributed by atoms with E-state index in [1.54, 1.807) is 24.3 Å². The second-order valence-electron chi connectivity index (χ2n) is 4.07. The van der Waals surface area contributed by atoms with E-state index in [-0.39, 0.29) is 21.5 Å². The Hall–Kier alpha value is -2.11. The molecular weight excluding hydrogens is 315 g/mol. The lowest BCUT2D eigenvalue weighted by Crippen LogP contribution is -2.31. The van der Waals surface area contributed by atoms with E-state index >= 15 is 0 Å². The zero-order valence-electron chi connectivity index (χ0n) is 11.0. The molecule has 0 aliphatic carbocycles. The predicted octanol–water partition coefficient (Wildman–Crippen LogP) is 3.92. The molecule has 0 spiro atoms. The highest BCUT2D eigenvalue weighted by molar-refractivity contribution is 6.43. The molecule has 0 bridgehead atoms. The SMILES string of the molecule is COc1ccccc1N(C(N)=O)c1ccc(Cl)c(Cl)c1O. The van der Waals surface area contributed by atoms with Crippen LogP contribution in [0.15, 0.2) is 36.4 Å². The average molecular weight is 327 g/mol. The molecule has 0 aromatic heterocycles. The number of rotatable bonds is 3. The van der Waals surface area contributed by atoms with Crippen molar-refractivity contribution in [2.45, 2.75) is 0 Å². The van der Waals surface area contributed by atoms with Crippen LogP contribution < -0.4 is 15.4 Å². The van der Waals surface area contributed by atoms with E-state index in [2.05, 4.69) is 0 Å². The van der Waals surface area contributed by atoms with Gasteiger partial charge in [-0.25, -0.2) is 4.79 Å². The molecule has 0 unspecified atom stereocenters. The van der Waals surface area contributed by atoms with Crippen LogP contribution in [0.5, 0.6) is 11.5 Å². The molecule has 0 heterocycles. The van der Waals surface area contributed by atoms with Gasteiger partial charge in [0.2, 0.25) is 0 Å². The molecule has 2 rings (SSSR count). The van der Waals surface area contributed by atoms with Gasteiger partial charge in [-0.15, -0.1) is 0 Å². The van der Waals surface area contributed by atoms with Crippen molar-refractivity contribution < 1.29 is 14.6 Å². The normalized spacial score (nSPS) is 10.2. The maximum atomic E-state index is 11.8. The zero-order valence-corrected chi connectivity index (χ0v) is 12.5. The molecule has 110 valence electrons. The molecule has 2 amide bonds. The summed E-state index contributed by atoms with van der Waals surface area (Å²) in [6, 6.07) is 8.86. The summed E-state index contributed by atoms with van der Waals surface area (Å²) in [5.41, 5.74) is 5.91. The van der Waals surface area contributed by atoms with Gasteiger partial charge in [0.1, 0.15) is 10.8 Å². The van der Waals surface area contributed by atoms with Gasteiger partial charge < -0.3 is 15.6 Å². The number of para-hydroxylation sites is 2. The van der Waals surface area contributed by atoms with Crippen LogP contribution in [0.3, 0.4) is 0 Å². The van der Waals surface area contributed by atoms with Gasteiger partial charge in [0.15, 0.2) is 5.75 Å². The molecule has 2 aromatic carbocycles. The third-order valence-corrected chi connectivity index (χ3v) is 3.63. The van der Waals surface area contributed by atoms with Crippen LogP contribution in [0.2, 0.25) is 10.0 Å². The summed E-state index contributed by atoms with van der Waals surface area (Å²) in [6.07, 6.45) is 0. The number of primary amides is 1. The van der Waals surface area contributed by atoms with Crippen molar-refractivity contribution in [3.63, 3.8) is 0 Å². The Morgan fingerprint density at radius 3 is 2.48 bits per heavy atom. The number of carbonyl (C=O) groups is 1. The standard InChI is InChI=1S/C14H12Cl2N2O3/c1-21-11-5-3-2-4-9(11)18(14(17)20)10-7-6-8(15)12(16)13(10)19/h2-7,19H,1H3,(H2,17,20). The number of phenols is 1. The van der Waals surface area contributed by atoms with Crippen molar-refractivity contribution in [2.75, 3.05) is 12.0 Å². The van der Waals surface area contributed by atoms with Crippen LogP contribution in [0.1, 0.15) is 0 Å². The molecule has 7 heteroatoms. The number of carbonyl (C=O) groups excluding carboxylic acids is 1. The number of nitrogens with two attached hydrogens (primary N) is 1. The Kier molecular flexibility index (Phi) is 4.45. The van der Waals surface area contributed by atoms with Gasteiger partial charge in [-0.3, -0.25) is 4.90 Å². The molecule has 0 saturated carbocycles. The second kappa shape index (κ2) is 6.11. The molecule has 0 aliphatic rings. The number of halogens is 2. The van der Waals surface area contributed by atoms with Gasteiger partial charge in [0.25, 0.3) is 0 Å². The summed E-state index contributed by atoms with van der Waals surface area (Å²) < 4.78 is 5.20. The first-order valence-corrected chi connectivity index (χ1v) is 6.62. The minimum Gasteiger partial charge on any atom is -0.504 e. The van der Waals surface area contributed by atoms with Crippen molar-refractivity contribution in [3.8, 4) is 11.5 Å². The summed E-state index contributed by atoms with van der Waals surface area (Å²) in [5, 5.41) is 10.2. The van der Waals surface area contributed by atoms with E-state index in [4.69, 9.17) is 33.7 Å². The Labute approximate surface area is 131 Å². The molecule has 0 radical (unpaired) electrons. The number of hydrogen-bond acceptors (Lipinski definition) is 3. The second-order valence-corrected chi connectivity index (χ2v) is 4.86. The number of anilines is 2. The van der Waals surface area contributed by atoms with Gasteiger partial charge in [-0.2, -0.15) is 0 Å². The Morgan fingerprint density at radius 1 is 1.19 bits per heavy atom. The van der Waals surface area contributed by atoms with Crippen molar-refractivity contribution in [1.29, 1.82) is 0 Å². The van der Waals surface area contributed by atoms with E-state index < -0.39 is 6.03 Å². The number of urea groups is 1. The first-order chi connectivity index (χ1) is 9.97. The van der Waals surface area contributed by atoms with Crippen LogP contribution in [0.4, 0.5) is 16.2 Å². The van der Waals surface area contributed by atoms with Crippen LogP contribution >= 0.6 is 23.2 Å².